The van der Waals surface area contributed by atoms with Gasteiger partial charge in [-0.2, -0.15) is 0 Å². The molecule has 0 spiro atoms. The summed E-state index contributed by atoms with van der Waals surface area (Å²) in [6, 6.07) is 22.9. The summed E-state index contributed by atoms with van der Waals surface area (Å²) >= 11 is 0. The Balaban J connectivity index is 1.25. The lowest BCUT2D eigenvalue weighted by Crippen LogP contribution is -2.58. The molecule has 62 heavy (non-hydrogen) atoms. The third-order valence-electron chi connectivity index (χ3n) is 12.9. The third kappa shape index (κ3) is 11.0. The minimum atomic E-state index is -0.903. The molecule has 1 aliphatic carbocycles. The molecule has 3 aromatic rings. The van der Waals surface area contributed by atoms with E-state index in [4.69, 9.17) is 18.9 Å². The maximum Gasteiger partial charge on any atom is 0.407 e. The number of likely N-dealkylation sites (N-methyl/N-ethyl adjacent to an activating group) is 1. The monoisotopic (exact) mass is 854 g/mol. The van der Waals surface area contributed by atoms with E-state index in [0.717, 1.165) is 27.8 Å². The van der Waals surface area contributed by atoms with Crippen molar-refractivity contribution in [3.05, 3.63) is 95.6 Å². The Morgan fingerprint density at radius 2 is 1.44 bits per heavy atom. The number of carbonyl (C=O) groups excluding carboxylic acids is 5. The van der Waals surface area contributed by atoms with Gasteiger partial charge in [0, 0.05) is 40.2 Å². The standard InChI is InChI=1S/C49H66N4O9/c1-10-31(4)44(52(6)47(56)43(30(2)3)51-49(58)62-29-38-36-23-16-14-21-34(36)35-22-15-17-24-37(35)38)41(59-7)28-42(54)53-26-18-25-40(53)45(60-8)32(5)46(55)50-39(48(57)61-9)27-33-19-12-11-13-20-33/h11-17,19-24,30-32,38-41,43-45H,10,18,25-29H2,1-9H3,(H,50,55)(H,51,58)/t31-,32+,39-,40-,41+,43?,44-,45+/m0/s1. The number of amides is 4. The third-order valence-corrected chi connectivity index (χ3v) is 12.9. The summed E-state index contributed by atoms with van der Waals surface area (Å²) in [5.74, 6) is -2.64. The van der Waals surface area contributed by atoms with E-state index in [-0.39, 0.29) is 54.9 Å². The van der Waals surface area contributed by atoms with E-state index in [1.165, 1.54) is 14.2 Å². The lowest BCUT2D eigenvalue weighted by atomic mass is 9.89. The van der Waals surface area contributed by atoms with Crippen molar-refractivity contribution >= 4 is 29.8 Å². The summed E-state index contributed by atoms with van der Waals surface area (Å²) in [7, 11) is 6.05. The number of ether oxygens (including phenoxy) is 4. The fourth-order valence-electron chi connectivity index (χ4n) is 9.29. The minimum absolute atomic E-state index is 0.0235. The molecular formula is C49H66N4O9. The van der Waals surface area contributed by atoms with Crippen LogP contribution in [0.5, 0.6) is 0 Å². The molecule has 1 heterocycles. The van der Waals surface area contributed by atoms with Gasteiger partial charge in [0.25, 0.3) is 0 Å². The molecule has 1 saturated heterocycles. The van der Waals surface area contributed by atoms with E-state index in [0.29, 0.717) is 25.8 Å². The molecule has 0 aromatic heterocycles. The first-order valence-electron chi connectivity index (χ1n) is 21.9. The van der Waals surface area contributed by atoms with Crippen molar-refractivity contribution in [2.24, 2.45) is 17.8 Å². The molecule has 3 aromatic carbocycles. The first-order chi connectivity index (χ1) is 29.8. The molecule has 336 valence electrons. The molecule has 1 fully saturated rings. The molecule has 5 rings (SSSR count). The van der Waals surface area contributed by atoms with Crippen molar-refractivity contribution < 1.29 is 42.9 Å². The second-order valence-corrected chi connectivity index (χ2v) is 17.1. The van der Waals surface area contributed by atoms with E-state index in [1.54, 1.807) is 30.9 Å². The Bertz CT molecular complexity index is 1950. The molecular weight excluding hydrogens is 789 g/mol. The van der Waals surface area contributed by atoms with E-state index >= 15 is 0 Å². The van der Waals surface area contributed by atoms with Crippen LogP contribution in [0.3, 0.4) is 0 Å². The number of alkyl carbamates (subject to hydrolysis) is 1. The van der Waals surface area contributed by atoms with Crippen molar-refractivity contribution in [2.75, 3.05) is 41.5 Å². The van der Waals surface area contributed by atoms with Gasteiger partial charge in [0.1, 0.15) is 18.7 Å². The lowest BCUT2D eigenvalue weighted by molar-refractivity contribution is -0.148. The van der Waals surface area contributed by atoms with Gasteiger partial charge in [-0.15, -0.1) is 0 Å². The van der Waals surface area contributed by atoms with Crippen molar-refractivity contribution in [2.45, 2.75) is 109 Å². The highest BCUT2D eigenvalue weighted by molar-refractivity contribution is 5.87. The van der Waals surface area contributed by atoms with Gasteiger partial charge in [-0.25, -0.2) is 9.59 Å². The summed E-state index contributed by atoms with van der Waals surface area (Å²) in [6.07, 6.45) is 0.236. The summed E-state index contributed by atoms with van der Waals surface area (Å²) in [5, 5.41) is 5.72. The van der Waals surface area contributed by atoms with E-state index in [2.05, 4.69) is 34.9 Å². The summed E-state index contributed by atoms with van der Waals surface area (Å²) < 4.78 is 22.8. The number of nitrogens with one attached hydrogen (secondary N) is 2. The highest BCUT2D eigenvalue weighted by Gasteiger charge is 2.43. The predicted octanol–water partition coefficient (Wildman–Crippen LogP) is 6.37. The molecule has 0 bridgehead atoms. The summed E-state index contributed by atoms with van der Waals surface area (Å²) in [5.41, 5.74) is 5.30. The number of hydrogen-bond acceptors (Lipinski definition) is 9. The zero-order valence-corrected chi connectivity index (χ0v) is 37.8. The number of esters is 1. The molecule has 1 unspecified atom stereocenters. The van der Waals surface area contributed by atoms with Gasteiger partial charge < -0.3 is 39.4 Å². The highest BCUT2D eigenvalue weighted by atomic mass is 16.5. The van der Waals surface area contributed by atoms with Gasteiger partial charge in [-0.1, -0.05) is 120 Å². The van der Waals surface area contributed by atoms with Crippen LogP contribution in [0.1, 0.15) is 82.9 Å². The highest BCUT2D eigenvalue weighted by Crippen LogP contribution is 2.44. The van der Waals surface area contributed by atoms with Gasteiger partial charge in [0.15, 0.2) is 0 Å². The topological polar surface area (TPSA) is 153 Å². The normalized spacial score (nSPS) is 18.0. The van der Waals surface area contributed by atoms with Crippen LogP contribution in [0.2, 0.25) is 0 Å². The smallest absolute Gasteiger partial charge is 0.407 e. The number of likely N-dealkylation sites (tertiary alicyclic amines) is 1. The van der Waals surface area contributed by atoms with Gasteiger partial charge in [-0.05, 0) is 52.5 Å². The van der Waals surface area contributed by atoms with Crippen molar-refractivity contribution in [3.63, 3.8) is 0 Å². The minimum Gasteiger partial charge on any atom is -0.467 e. The molecule has 4 amide bonds. The van der Waals surface area contributed by atoms with Gasteiger partial charge in [0.05, 0.1) is 43.7 Å². The first-order valence-corrected chi connectivity index (χ1v) is 21.9. The molecule has 2 N–H and O–H groups in total. The second-order valence-electron chi connectivity index (χ2n) is 17.1. The Labute approximate surface area is 367 Å². The van der Waals surface area contributed by atoms with Crippen LogP contribution < -0.4 is 10.6 Å². The number of nitrogens with zero attached hydrogens (tertiary/aromatic N) is 2. The van der Waals surface area contributed by atoms with E-state index in [9.17, 15) is 24.0 Å². The van der Waals surface area contributed by atoms with Crippen molar-refractivity contribution in [1.82, 2.24) is 20.4 Å². The van der Waals surface area contributed by atoms with Crippen molar-refractivity contribution in [1.29, 1.82) is 0 Å². The molecule has 1 aliphatic heterocycles. The Morgan fingerprint density at radius 1 is 0.823 bits per heavy atom. The number of carbonyl (C=O) groups is 5. The first kappa shape index (κ1) is 47.8. The zero-order chi connectivity index (χ0) is 45.1. The lowest BCUT2D eigenvalue weighted by Gasteiger charge is -2.40. The molecule has 2 aliphatic rings. The maximum atomic E-state index is 14.4. The molecule has 13 nitrogen and oxygen atoms in total. The number of hydrogen-bond donors (Lipinski definition) is 2. The average molecular weight is 855 g/mol. The quantitative estimate of drug-likeness (QED) is 0.124. The van der Waals surface area contributed by atoms with Crippen LogP contribution in [0, 0.1) is 17.8 Å². The van der Waals surface area contributed by atoms with Crippen LogP contribution in [0.4, 0.5) is 4.79 Å². The number of methoxy groups -OCH3 is 3. The van der Waals surface area contributed by atoms with Crippen LogP contribution in [0.25, 0.3) is 11.1 Å². The SMILES string of the molecule is CC[C@H](C)[C@@H]([C@@H](CC(=O)N1CCC[C@H]1[C@H](OC)[C@@H](C)C(=O)N[C@@H](Cc1ccccc1)C(=O)OC)OC)N(C)C(=O)C(NC(=O)OCC1c2ccccc2-c2ccccc21)C(C)C. The largest absolute Gasteiger partial charge is 0.467 e. The van der Waals surface area contributed by atoms with Crippen LogP contribution in [-0.4, -0.2) is 117 Å². The molecule has 13 heteroatoms. The summed E-state index contributed by atoms with van der Waals surface area (Å²) in [4.78, 5) is 72.0. The average Bonchev–Trinajstić information content (AvgIpc) is 3.90. The Kier molecular flexibility index (Phi) is 17.1. The fraction of sp³-hybridized carbons (Fsp3) is 0.531. The number of rotatable bonds is 20. The Morgan fingerprint density at radius 3 is 2.00 bits per heavy atom. The second kappa shape index (κ2) is 22.2. The van der Waals surface area contributed by atoms with Gasteiger partial charge >= 0.3 is 12.1 Å². The van der Waals surface area contributed by atoms with E-state index < -0.39 is 54.4 Å². The van der Waals surface area contributed by atoms with Crippen LogP contribution >= 0.6 is 0 Å². The van der Waals surface area contributed by atoms with Gasteiger partial charge in [-0.3, -0.25) is 14.4 Å². The Hall–Kier alpha value is -5.27. The predicted molar refractivity (Wildman–Crippen MR) is 237 cm³/mol. The van der Waals surface area contributed by atoms with Gasteiger partial charge in [0.2, 0.25) is 17.7 Å². The molecule has 8 atom stereocenters. The van der Waals surface area contributed by atoms with Crippen molar-refractivity contribution in [3.8, 4) is 11.1 Å². The fourth-order valence-corrected chi connectivity index (χ4v) is 9.29. The molecule has 0 radical (unpaired) electrons. The number of fused-ring (bicyclic) bond motifs is 3. The number of benzene rings is 3. The van der Waals surface area contributed by atoms with E-state index in [1.807, 2.05) is 82.3 Å². The van der Waals surface area contributed by atoms with Crippen LogP contribution in [-0.2, 0) is 44.5 Å². The summed E-state index contributed by atoms with van der Waals surface area (Å²) in [6.45, 7) is 10.1. The molecule has 0 saturated carbocycles. The maximum absolute atomic E-state index is 14.4. The van der Waals surface area contributed by atoms with Crippen LogP contribution in [0.15, 0.2) is 78.9 Å². The zero-order valence-electron chi connectivity index (χ0n) is 37.8.